The van der Waals surface area contributed by atoms with Gasteiger partial charge >= 0.3 is 0 Å². The summed E-state index contributed by atoms with van der Waals surface area (Å²) < 4.78 is 11.0. The molecule has 0 unspecified atom stereocenters. The van der Waals surface area contributed by atoms with Crippen LogP contribution in [0.1, 0.15) is 16.8 Å². The maximum absolute atomic E-state index is 12.4. The quantitative estimate of drug-likeness (QED) is 0.688. The van der Waals surface area contributed by atoms with E-state index in [9.17, 15) is 4.79 Å². The number of rotatable bonds is 8. The summed E-state index contributed by atoms with van der Waals surface area (Å²) in [5.41, 5.74) is 0.691. The van der Waals surface area contributed by atoms with Gasteiger partial charge in [0.2, 0.25) is 0 Å². The molecule has 4 nitrogen and oxygen atoms in total. The number of amides is 1. The second-order valence-electron chi connectivity index (χ2n) is 4.14. The molecule has 0 bridgehead atoms. The first kappa shape index (κ1) is 16.1. The molecule has 0 aliphatic rings. The van der Waals surface area contributed by atoms with Gasteiger partial charge in [0.15, 0.2) is 0 Å². The van der Waals surface area contributed by atoms with E-state index < -0.39 is 0 Å². The van der Waals surface area contributed by atoms with Crippen LogP contribution in [-0.2, 0) is 9.47 Å². The average Bonchev–Trinajstić information content (AvgIpc) is 2.43. The largest absolute Gasteiger partial charge is 0.385 e. The zero-order valence-electron chi connectivity index (χ0n) is 11.4. The molecule has 5 heteroatoms. The number of carbonyl (C=O) groups is 1. The van der Waals surface area contributed by atoms with Gasteiger partial charge in [-0.3, -0.25) is 4.79 Å². The smallest absolute Gasteiger partial charge is 0.253 e. The second kappa shape index (κ2) is 9.07. The normalized spacial score (nSPS) is 10.5. The van der Waals surface area contributed by atoms with Crippen LogP contribution in [-0.4, -0.2) is 51.3 Å². The fourth-order valence-electron chi connectivity index (χ4n) is 1.69. The minimum atomic E-state index is 0.0284. The number of hydrogen-bond donors (Lipinski definition) is 0. The molecular formula is C14H20BrNO3. The summed E-state index contributed by atoms with van der Waals surface area (Å²) in [7, 11) is 3.30. The summed E-state index contributed by atoms with van der Waals surface area (Å²) in [6.45, 7) is 2.45. The Morgan fingerprint density at radius 1 is 1.11 bits per heavy atom. The number of methoxy groups -OCH3 is 2. The van der Waals surface area contributed by atoms with Crippen LogP contribution in [0.3, 0.4) is 0 Å². The van der Waals surface area contributed by atoms with Crippen molar-refractivity contribution < 1.29 is 14.3 Å². The first-order chi connectivity index (χ1) is 9.19. The van der Waals surface area contributed by atoms with Gasteiger partial charge in [-0.1, -0.05) is 15.9 Å². The van der Waals surface area contributed by atoms with Crippen LogP contribution in [0.2, 0.25) is 0 Å². The third-order valence-electron chi connectivity index (χ3n) is 2.72. The third-order valence-corrected chi connectivity index (χ3v) is 3.25. The van der Waals surface area contributed by atoms with E-state index in [0.717, 1.165) is 10.9 Å². The molecule has 0 fully saturated rings. The van der Waals surface area contributed by atoms with Crippen molar-refractivity contribution >= 4 is 21.8 Å². The molecule has 0 aliphatic heterocycles. The molecular weight excluding hydrogens is 310 g/mol. The first-order valence-electron chi connectivity index (χ1n) is 6.21. The van der Waals surface area contributed by atoms with Gasteiger partial charge in [-0.05, 0) is 30.7 Å². The van der Waals surface area contributed by atoms with Crippen molar-refractivity contribution in [2.24, 2.45) is 0 Å². The lowest BCUT2D eigenvalue weighted by Gasteiger charge is -2.22. The highest BCUT2D eigenvalue weighted by Gasteiger charge is 2.14. The van der Waals surface area contributed by atoms with Gasteiger partial charge in [-0.15, -0.1) is 0 Å². The Hall–Kier alpha value is -0.910. The van der Waals surface area contributed by atoms with Crippen LogP contribution < -0.4 is 0 Å². The maximum Gasteiger partial charge on any atom is 0.253 e. The minimum absolute atomic E-state index is 0.0284. The van der Waals surface area contributed by atoms with E-state index in [1.807, 2.05) is 24.3 Å². The zero-order chi connectivity index (χ0) is 14.1. The van der Waals surface area contributed by atoms with Crippen molar-refractivity contribution in [2.75, 3.05) is 40.5 Å². The molecule has 0 saturated heterocycles. The highest BCUT2D eigenvalue weighted by Crippen LogP contribution is 2.12. The molecule has 0 aliphatic carbocycles. The first-order valence-corrected chi connectivity index (χ1v) is 7.01. The molecule has 1 aromatic carbocycles. The highest BCUT2D eigenvalue weighted by molar-refractivity contribution is 9.10. The van der Waals surface area contributed by atoms with Crippen LogP contribution in [0.5, 0.6) is 0 Å². The number of halogens is 1. The Morgan fingerprint density at radius 2 is 1.74 bits per heavy atom. The van der Waals surface area contributed by atoms with Gasteiger partial charge in [0, 0.05) is 44.0 Å². The van der Waals surface area contributed by atoms with Gasteiger partial charge in [-0.2, -0.15) is 0 Å². The van der Waals surface area contributed by atoms with Crippen LogP contribution in [0, 0.1) is 0 Å². The lowest BCUT2D eigenvalue weighted by molar-refractivity contribution is 0.0674. The average molecular weight is 330 g/mol. The van der Waals surface area contributed by atoms with Crippen LogP contribution >= 0.6 is 15.9 Å². The Kier molecular flexibility index (Phi) is 7.70. The summed E-state index contributed by atoms with van der Waals surface area (Å²) in [5, 5.41) is 0. The summed E-state index contributed by atoms with van der Waals surface area (Å²) in [6.07, 6.45) is 0.822. The number of carbonyl (C=O) groups excluding carboxylic acids is 1. The van der Waals surface area contributed by atoms with Crippen LogP contribution in [0.15, 0.2) is 28.7 Å². The monoisotopic (exact) mass is 329 g/mol. The Labute approximate surface area is 122 Å². The predicted molar refractivity (Wildman–Crippen MR) is 78.4 cm³/mol. The van der Waals surface area contributed by atoms with E-state index in [1.54, 1.807) is 19.1 Å². The molecule has 0 radical (unpaired) electrons. The number of benzene rings is 1. The van der Waals surface area contributed by atoms with E-state index in [2.05, 4.69) is 15.9 Å². The molecule has 1 aromatic rings. The van der Waals surface area contributed by atoms with Crippen molar-refractivity contribution in [1.29, 1.82) is 0 Å². The number of nitrogens with zero attached hydrogens (tertiary/aromatic N) is 1. The van der Waals surface area contributed by atoms with Crippen molar-refractivity contribution in [2.45, 2.75) is 6.42 Å². The molecule has 1 amide bonds. The molecule has 0 aromatic heterocycles. The van der Waals surface area contributed by atoms with Gasteiger partial charge in [0.05, 0.1) is 6.61 Å². The highest BCUT2D eigenvalue weighted by atomic mass is 79.9. The zero-order valence-corrected chi connectivity index (χ0v) is 13.0. The van der Waals surface area contributed by atoms with E-state index in [0.29, 0.717) is 31.9 Å². The van der Waals surface area contributed by atoms with E-state index in [1.165, 1.54) is 0 Å². The standard InChI is InChI=1S/C14H20BrNO3/c1-18-10-3-8-16(9-11-19-2)14(17)12-4-6-13(15)7-5-12/h4-7H,3,8-11H2,1-2H3. The van der Waals surface area contributed by atoms with Gasteiger partial charge in [-0.25, -0.2) is 0 Å². The van der Waals surface area contributed by atoms with Gasteiger partial charge in [0.25, 0.3) is 5.91 Å². The Bertz CT molecular complexity index is 381. The van der Waals surface area contributed by atoms with E-state index in [4.69, 9.17) is 9.47 Å². The maximum atomic E-state index is 12.4. The van der Waals surface area contributed by atoms with Gasteiger partial charge in [0.1, 0.15) is 0 Å². The molecule has 0 atom stereocenters. The molecule has 0 N–H and O–H groups in total. The van der Waals surface area contributed by atoms with Crippen molar-refractivity contribution in [1.82, 2.24) is 4.90 Å². The van der Waals surface area contributed by atoms with E-state index >= 15 is 0 Å². The van der Waals surface area contributed by atoms with Crippen LogP contribution in [0.25, 0.3) is 0 Å². The Balaban J connectivity index is 2.66. The van der Waals surface area contributed by atoms with E-state index in [-0.39, 0.29) is 5.91 Å². The third kappa shape index (κ3) is 5.72. The topological polar surface area (TPSA) is 38.8 Å². The molecule has 106 valence electrons. The van der Waals surface area contributed by atoms with Crippen molar-refractivity contribution in [3.63, 3.8) is 0 Å². The summed E-state index contributed by atoms with van der Waals surface area (Å²) >= 11 is 3.36. The second-order valence-corrected chi connectivity index (χ2v) is 5.05. The predicted octanol–water partition coefficient (Wildman–Crippen LogP) is 2.57. The lowest BCUT2D eigenvalue weighted by atomic mass is 10.2. The number of ether oxygens (including phenoxy) is 2. The SMILES string of the molecule is COCCCN(CCOC)C(=O)c1ccc(Br)cc1. The van der Waals surface area contributed by atoms with Gasteiger partial charge < -0.3 is 14.4 Å². The summed E-state index contributed by atoms with van der Waals surface area (Å²) in [4.78, 5) is 14.2. The molecule has 0 saturated carbocycles. The fraction of sp³-hybridized carbons (Fsp3) is 0.500. The molecule has 0 heterocycles. The molecule has 1 rings (SSSR count). The van der Waals surface area contributed by atoms with Crippen molar-refractivity contribution in [3.05, 3.63) is 34.3 Å². The lowest BCUT2D eigenvalue weighted by Crippen LogP contribution is -2.35. The van der Waals surface area contributed by atoms with Crippen LogP contribution in [0.4, 0.5) is 0 Å². The summed E-state index contributed by atoms with van der Waals surface area (Å²) in [6, 6.07) is 7.39. The number of hydrogen-bond acceptors (Lipinski definition) is 3. The van der Waals surface area contributed by atoms with Crippen molar-refractivity contribution in [3.8, 4) is 0 Å². The molecule has 0 spiro atoms. The Morgan fingerprint density at radius 3 is 2.32 bits per heavy atom. The summed E-state index contributed by atoms with van der Waals surface area (Å²) in [5.74, 6) is 0.0284. The molecule has 19 heavy (non-hydrogen) atoms. The minimum Gasteiger partial charge on any atom is -0.385 e. The fourth-order valence-corrected chi connectivity index (χ4v) is 1.96.